The van der Waals surface area contributed by atoms with E-state index >= 15 is 0 Å². The Morgan fingerprint density at radius 2 is 1.40 bits per heavy atom. The molecule has 3 amide bonds. The Morgan fingerprint density at radius 1 is 0.810 bits per heavy atom. The third-order valence-electron chi connectivity index (χ3n) is 8.25. The Morgan fingerprint density at radius 3 is 1.98 bits per heavy atom. The fraction of sp³-hybridized carbons (Fsp3) is 0.382. The Kier molecular flexibility index (Phi) is 9.66. The van der Waals surface area contributed by atoms with Crippen molar-refractivity contribution in [3.8, 4) is 0 Å². The van der Waals surface area contributed by atoms with Gasteiger partial charge in [-0.2, -0.15) is 0 Å². The molecule has 5 rings (SSSR count). The number of nitrogens with zero attached hydrogens (tertiary/aromatic N) is 3. The van der Waals surface area contributed by atoms with Crippen LogP contribution in [0, 0.1) is 0 Å². The minimum absolute atomic E-state index is 0.0763. The second-order valence-corrected chi connectivity index (χ2v) is 11.5. The van der Waals surface area contributed by atoms with Crippen molar-refractivity contribution in [2.24, 2.45) is 0 Å². The van der Waals surface area contributed by atoms with Crippen LogP contribution in [0.3, 0.4) is 0 Å². The van der Waals surface area contributed by atoms with Crippen LogP contribution in [0.2, 0.25) is 0 Å². The number of nitrogens with one attached hydrogen (secondary N) is 2. The summed E-state index contributed by atoms with van der Waals surface area (Å²) in [6, 6.07) is 28.1. The molecule has 2 saturated heterocycles. The molecule has 2 N–H and O–H groups in total. The van der Waals surface area contributed by atoms with Crippen molar-refractivity contribution in [2.75, 3.05) is 51.1 Å². The van der Waals surface area contributed by atoms with Crippen LogP contribution in [0.4, 0.5) is 5.69 Å². The van der Waals surface area contributed by atoms with E-state index in [2.05, 4.69) is 82.8 Å². The highest BCUT2D eigenvalue weighted by Gasteiger charge is 2.36. The van der Waals surface area contributed by atoms with Crippen molar-refractivity contribution in [2.45, 2.75) is 38.3 Å². The maximum atomic E-state index is 13.5. The summed E-state index contributed by atoms with van der Waals surface area (Å²) in [5.74, 6) is -0.274. The van der Waals surface area contributed by atoms with E-state index in [0.29, 0.717) is 24.7 Å². The number of hydrogen-bond donors (Lipinski definition) is 2. The van der Waals surface area contributed by atoms with E-state index < -0.39 is 6.04 Å². The number of rotatable bonds is 9. The van der Waals surface area contributed by atoms with E-state index in [1.165, 1.54) is 16.7 Å². The minimum atomic E-state index is -0.817. The number of hydrogen-bond acceptors (Lipinski definition) is 5. The average Bonchev–Trinajstić information content (AvgIpc) is 3.00. The third kappa shape index (κ3) is 7.24. The molecule has 1 unspecified atom stereocenters. The molecule has 0 spiro atoms. The molecule has 0 radical (unpaired) electrons. The topological polar surface area (TPSA) is 85.0 Å². The first kappa shape index (κ1) is 29.5. The summed E-state index contributed by atoms with van der Waals surface area (Å²) in [6.07, 6.45) is -0.0763. The van der Waals surface area contributed by atoms with Gasteiger partial charge in [-0.3, -0.25) is 24.2 Å². The molecule has 8 heteroatoms. The number of piperazine rings is 2. The molecule has 0 saturated carbocycles. The van der Waals surface area contributed by atoms with Crippen LogP contribution in [0.1, 0.15) is 48.9 Å². The fourth-order valence-electron chi connectivity index (χ4n) is 5.90. The lowest BCUT2D eigenvalue weighted by atomic mass is 9.96. The van der Waals surface area contributed by atoms with E-state index in [0.717, 1.165) is 26.2 Å². The largest absolute Gasteiger partial charge is 0.353 e. The first-order valence-corrected chi connectivity index (χ1v) is 14.9. The molecular weight excluding hydrogens is 526 g/mol. The van der Waals surface area contributed by atoms with E-state index in [1.54, 1.807) is 4.90 Å². The van der Waals surface area contributed by atoms with Crippen LogP contribution < -0.4 is 10.6 Å². The van der Waals surface area contributed by atoms with Gasteiger partial charge in [0.15, 0.2) is 0 Å². The van der Waals surface area contributed by atoms with Crippen LogP contribution in [0.5, 0.6) is 0 Å². The molecule has 2 fully saturated rings. The van der Waals surface area contributed by atoms with Gasteiger partial charge in [0.05, 0.1) is 19.0 Å². The van der Waals surface area contributed by atoms with E-state index in [9.17, 15) is 14.4 Å². The molecular formula is C34H41N5O3. The Hall–Kier alpha value is -4.01. The standard InChI is InChI=1S/C34H41N5O3/c1-25(2)26-13-15-29(16-14-26)36-31(40)23-30-34(42)35-17-18-39(30)32(41)24-37-19-21-38(22-20-37)33(27-9-5-3-6-10-27)28-11-7-4-8-12-28/h3-16,25,30,33H,17-24H2,1-2H3,(H,35,42)(H,36,40). The summed E-state index contributed by atoms with van der Waals surface area (Å²) in [7, 11) is 0. The summed E-state index contributed by atoms with van der Waals surface area (Å²) >= 11 is 0. The highest BCUT2D eigenvalue weighted by Crippen LogP contribution is 2.29. The highest BCUT2D eigenvalue weighted by molar-refractivity contribution is 5.97. The Bertz CT molecular complexity index is 1300. The molecule has 42 heavy (non-hydrogen) atoms. The van der Waals surface area contributed by atoms with Crippen molar-refractivity contribution in [1.29, 1.82) is 0 Å². The molecule has 2 aliphatic rings. The van der Waals surface area contributed by atoms with Crippen molar-refractivity contribution in [3.05, 3.63) is 102 Å². The molecule has 220 valence electrons. The molecule has 1 atom stereocenters. The average molecular weight is 568 g/mol. The number of anilines is 1. The molecule has 2 aliphatic heterocycles. The molecule has 0 bridgehead atoms. The lowest BCUT2D eigenvalue weighted by Gasteiger charge is -2.41. The predicted molar refractivity (Wildman–Crippen MR) is 165 cm³/mol. The quantitative estimate of drug-likeness (QED) is 0.410. The van der Waals surface area contributed by atoms with Gasteiger partial charge in [-0.05, 0) is 34.7 Å². The smallest absolute Gasteiger partial charge is 0.243 e. The van der Waals surface area contributed by atoms with Crippen LogP contribution in [-0.2, 0) is 14.4 Å². The summed E-state index contributed by atoms with van der Waals surface area (Å²) < 4.78 is 0. The summed E-state index contributed by atoms with van der Waals surface area (Å²) in [5, 5.41) is 5.71. The number of benzene rings is 3. The van der Waals surface area contributed by atoms with Gasteiger partial charge in [-0.25, -0.2) is 0 Å². The third-order valence-corrected chi connectivity index (χ3v) is 8.25. The summed E-state index contributed by atoms with van der Waals surface area (Å²) in [6.45, 7) is 8.40. The number of carbonyl (C=O) groups is 3. The van der Waals surface area contributed by atoms with Gasteiger partial charge in [0.1, 0.15) is 6.04 Å². The van der Waals surface area contributed by atoms with Gasteiger partial charge in [0.2, 0.25) is 17.7 Å². The number of amides is 3. The minimum Gasteiger partial charge on any atom is -0.353 e. The SMILES string of the molecule is CC(C)c1ccc(NC(=O)CC2C(=O)NCCN2C(=O)CN2CCN(C(c3ccccc3)c3ccccc3)CC2)cc1. The highest BCUT2D eigenvalue weighted by atomic mass is 16.2. The van der Waals surface area contributed by atoms with E-state index in [1.807, 2.05) is 36.4 Å². The Labute approximate surface area is 248 Å². The molecule has 3 aromatic rings. The Balaban J connectivity index is 1.18. The van der Waals surface area contributed by atoms with Crippen LogP contribution in [0.25, 0.3) is 0 Å². The summed E-state index contributed by atoms with van der Waals surface area (Å²) in [5.41, 5.74) is 4.38. The van der Waals surface area contributed by atoms with Crippen molar-refractivity contribution >= 4 is 23.4 Å². The maximum Gasteiger partial charge on any atom is 0.243 e. The maximum absolute atomic E-state index is 13.5. The first-order valence-electron chi connectivity index (χ1n) is 14.9. The second-order valence-electron chi connectivity index (χ2n) is 11.5. The van der Waals surface area contributed by atoms with Crippen LogP contribution in [-0.4, -0.2) is 84.3 Å². The first-order chi connectivity index (χ1) is 20.4. The number of carbonyl (C=O) groups excluding carboxylic acids is 3. The van der Waals surface area contributed by atoms with Crippen molar-refractivity contribution in [1.82, 2.24) is 20.0 Å². The zero-order valence-corrected chi connectivity index (χ0v) is 24.5. The molecule has 3 aromatic carbocycles. The van der Waals surface area contributed by atoms with E-state index in [4.69, 9.17) is 0 Å². The van der Waals surface area contributed by atoms with Crippen LogP contribution in [0.15, 0.2) is 84.9 Å². The zero-order valence-electron chi connectivity index (χ0n) is 24.5. The van der Waals surface area contributed by atoms with Gasteiger partial charge in [-0.1, -0.05) is 86.6 Å². The van der Waals surface area contributed by atoms with Gasteiger partial charge in [0, 0.05) is 45.0 Å². The van der Waals surface area contributed by atoms with Gasteiger partial charge < -0.3 is 15.5 Å². The molecule has 0 aliphatic carbocycles. The van der Waals surface area contributed by atoms with Gasteiger partial charge in [-0.15, -0.1) is 0 Å². The van der Waals surface area contributed by atoms with Crippen molar-refractivity contribution in [3.63, 3.8) is 0 Å². The summed E-state index contributed by atoms with van der Waals surface area (Å²) in [4.78, 5) is 45.4. The van der Waals surface area contributed by atoms with Crippen molar-refractivity contribution < 1.29 is 14.4 Å². The predicted octanol–water partition coefficient (Wildman–Crippen LogP) is 3.87. The lowest BCUT2D eigenvalue weighted by Crippen LogP contribution is -2.60. The van der Waals surface area contributed by atoms with E-state index in [-0.39, 0.29) is 36.7 Å². The lowest BCUT2D eigenvalue weighted by molar-refractivity contribution is -0.145. The second kappa shape index (κ2) is 13.8. The van der Waals surface area contributed by atoms with Gasteiger partial charge in [0.25, 0.3) is 0 Å². The normalized spacial score (nSPS) is 18.2. The molecule has 0 aromatic heterocycles. The van der Waals surface area contributed by atoms with Crippen LogP contribution >= 0.6 is 0 Å². The van der Waals surface area contributed by atoms with Gasteiger partial charge >= 0.3 is 0 Å². The molecule has 8 nitrogen and oxygen atoms in total. The monoisotopic (exact) mass is 567 g/mol. The zero-order chi connectivity index (χ0) is 29.5. The molecule has 2 heterocycles. The fourth-order valence-corrected chi connectivity index (χ4v) is 5.90.